The monoisotopic (exact) mass is 588 g/mol. The Morgan fingerprint density at radius 3 is 2.60 bits per heavy atom. The highest BCUT2D eigenvalue weighted by Crippen LogP contribution is 2.20. The van der Waals surface area contributed by atoms with E-state index in [0.29, 0.717) is 17.6 Å². The third-order valence-electron chi connectivity index (χ3n) is 6.73. The van der Waals surface area contributed by atoms with E-state index in [1.54, 1.807) is 47.4 Å². The van der Waals surface area contributed by atoms with E-state index in [1.807, 2.05) is 12.1 Å². The molecule has 2 heterocycles. The number of nitrogens with two attached hydrogens (primary N) is 1. The summed E-state index contributed by atoms with van der Waals surface area (Å²) in [6.45, 7) is 0.425. The summed E-state index contributed by atoms with van der Waals surface area (Å²) in [6.07, 6.45) is -0.791. The van der Waals surface area contributed by atoms with Gasteiger partial charge in [-0.05, 0) is 35.0 Å². The van der Waals surface area contributed by atoms with Gasteiger partial charge < -0.3 is 24.7 Å². The van der Waals surface area contributed by atoms with Gasteiger partial charge in [0.2, 0.25) is 15.9 Å². The van der Waals surface area contributed by atoms with Crippen molar-refractivity contribution in [1.29, 1.82) is 5.41 Å². The molecule has 1 aliphatic heterocycles. The number of nitrogens with one attached hydrogen (secondary N) is 2. The van der Waals surface area contributed by atoms with Crippen LogP contribution in [0, 0.1) is 5.41 Å². The van der Waals surface area contributed by atoms with Gasteiger partial charge >= 0.3 is 5.76 Å². The molecule has 0 aliphatic carbocycles. The number of hydrogen-bond donors (Lipinski definition) is 3. The third kappa shape index (κ3) is 5.82. The van der Waals surface area contributed by atoms with Gasteiger partial charge in [-0.3, -0.25) is 14.8 Å². The highest BCUT2D eigenvalue weighted by molar-refractivity contribution is 7.89. The van der Waals surface area contributed by atoms with Gasteiger partial charge in [-0.1, -0.05) is 42.5 Å². The van der Waals surface area contributed by atoms with E-state index in [0.717, 1.165) is 10.8 Å². The predicted octanol–water partition coefficient (Wildman–Crippen LogP) is 1.53. The van der Waals surface area contributed by atoms with Crippen LogP contribution in [-0.2, 0) is 26.1 Å². The number of halogens is 1. The smallest absolute Gasteiger partial charge is 0.408 e. The summed E-state index contributed by atoms with van der Waals surface area (Å²) in [7, 11) is -2.73. The highest BCUT2D eigenvalue weighted by atomic mass is 35.5. The molecule has 40 heavy (non-hydrogen) atoms. The number of benzene rings is 3. The van der Waals surface area contributed by atoms with E-state index in [2.05, 4.69) is 4.72 Å². The maximum absolute atomic E-state index is 13.8. The number of para-hydroxylation sites is 2. The van der Waals surface area contributed by atoms with Crippen LogP contribution in [0.5, 0.6) is 0 Å². The first-order valence-electron chi connectivity index (χ1n) is 12.2. The highest BCUT2D eigenvalue weighted by Gasteiger charge is 2.35. The van der Waals surface area contributed by atoms with E-state index in [1.165, 1.54) is 28.6 Å². The second-order valence-electron chi connectivity index (χ2n) is 9.23. The van der Waals surface area contributed by atoms with Crippen LogP contribution in [0.2, 0.25) is 0 Å². The summed E-state index contributed by atoms with van der Waals surface area (Å²) >= 11 is 0. The van der Waals surface area contributed by atoms with Crippen molar-refractivity contribution < 1.29 is 22.4 Å². The molecule has 4 N–H and O–H groups in total. The molecule has 1 amide bonds. The largest absolute Gasteiger partial charge is 0.420 e. The predicted molar refractivity (Wildman–Crippen MR) is 152 cm³/mol. The zero-order valence-corrected chi connectivity index (χ0v) is 23.2. The zero-order chi connectivity index (χ0) is 27.7. The minimum atomic E-state index is -4.20. The Balaban J connectivity index is 0.00000370. The van der Waals surface area contributed by atoms with Crippen molar-refractivity contribution in [2.75, 3.05) is 26.7 Å². The maximum Gasteiger partial charge on any atom is 0.420 e. The topological polar surface area (TPSA) is 164 Å². The first-order valence-corrected chi connectivity index (χ1v) is 13.7. The maximum atomic E-state index is 13.8. The molecule has 14 heteroatoms. The van der Waals surface area contributed by atoms with Crippen molar-refractivity contribution in [2.45, 2.75) is 23.7 Å². The summed E-state index contributed by atoms with van der Waals surface area (Å²) in [5.74, 6) is -1.51. The number of guanidine groups is 1. The number of sulfonamides is 1. The van der Waals surface area contributed by atoms with E-state index in [4.69, 9.17) is 20.3 Å². The SMILES string of the molecule is CN(C(=O)C(Cn1c(=O)oc2ccccc21)NS(=O)(=O)c1ccc2ccccc2c1)C1CN(C(=N)N)CCO1.Cl. The van der Waals surface area contributed by atoms with Gasteiger partial charge in [-0.15, -0.1) is 12.4 Å². The number of nitrogens with zero attached hydrogens (tertiary/aromatic N) is 3. The lowest BCUT2D eigenvalue weighted by molar-refractivity contribution is -0.151. The van der Waals surface area contributed by atoms with Crippen LogP contribution in [0.25, 0.3) is 21.9 Å². The molecular weight excluding hydrogens is 560 g/mol. The van der Waals surface area contributed by atoms with Crippen LogP contribution in [0.1, 0.15) is 0 Å². The molecule has 0 spiro atoms. The van der Waals surface area contributed by atoms with Crippen LogP contribution in [-0.4, -0.2) is 73.7 Å². The summed E-state index contributed by atoms with van der Waals surface area (Å²) in [6, 6.07) is 17.3. The number of rotatable bonds is 7. The second kappa shape index (κ2) is 11.7. The van der Waals surface area contributed by atoms with E-state index < -0.39 is 34.0 Å². The molecule has 1 saturated heterocycles. The van der Waals surface area contributed by atoms with Gasteiger partial charge in [-0.2, -0.15) is 4.72 Å². The minimum absolute atomic E-state index is 0. The number of amides is 1. The summed E-state index contributed by atoms with van der Waals surface area (Å²) in [4.78, 5) is 29.3. The number of carbonyl (C=O) groups is 1. The Hall–Kier alpha value is -3.91. The molecule has 1 aliphatic rings. The Morgan fingerprint density at radius 1 is 1.15 bits per heavy atom. The molecule has 0 radical (unpaired) electrons. The van der Waals surface area contributed by atoms with Crippen molar-refractivity contribution in [3.05, 3.63) is 77.3 Å². The number of fused-ring (bicyclic) bond motifs is 2. The Morgan fingerprint density at radius 2 is 1.85 bits per heavy atom. The lowest BCUT2D eigenvalue weighted by Gasteiger charge is -2.38. The Bertz CT molecular complexity index is 1720. The summed E-state index contributed by atoms with van der Waals surface area (Å²) in [5, 5.41) is 9.30. The number of carbonyl (C=O) groups excluding carboxylic acids is 1. The van der Waals surface area contributed by atoms with Crippen molar-refractivity contribution >= 4 is 56.2 Å². The molecule has 2 atom stereocenters. The molecule has 0 saturated carbocycles. The third-order valence-corrected chi connectivity index (χ3v) is 8.20. The van der Waals surface area contributed by atoms with E-state index >= 15 is 0 Å². The fourth-order valence-electron chi connectivity index (χ4n) is 4.60. The molecule has 0 bridgehead atoms. The number of hydrogen-bond acceptors (Lipinski definition) is 7. The Kier molecular flexibility index (Phi) is 8.49. The quantitative estimate of drug-likeness (QED) is 0.216. The molecule has 12 nitrogen and oxygen atoms in total. The van der Waals surface area contributed by atoms with E-state index in [-0.39, 0.29) is 43.0 Å². The molecular formula is C26H29ClN6O6S. The van der Waals surface area contributed by atoms with Crippen LogP contribution in [0.4, 0.5) is 0 Å². The molecule has 1 fully saturated rings. The van der Waals surface area contributed by atoms with Crippen LogP contribution in [0.3, 0.4) is 0 Å². The lowest BCUT2D eigenvalue weighted by Crippen LogP contribution is -2.58. The van der Waals surface area contributed by atoms with Crippen molar-refractivity contribution in [3.8, 4) is 0 Å². The number of likely N-dealkylation sites (N-methyl/N-ethyl adjacent to an activating group) is 1. The molecule has 1 aromatic heterocycles. The average molecular weight is 589 g/mol. The molecule has 212 valence electrons. The lowest BCUT2D eigenvalue weighted by atomic mass is 10.1. The van der Waals surface area contributed by atoms with Gasteiger partial charge in [0.05, 0.1) is 30.1 Å². The molecule has 4 aromatic rings. The van der Waals surface area contributed by atoms with Crippen LogP contribution < -0.4 is 16.2 Å². The molecule has 5 rings (SSSR count). The van der Waals surface area contributed by atoms with Crippen LogP contribution >= 0.6 is 12.4 Å². The standard InChI is InChI=1S/C26H28N6O6S.ClH/c1-30(23-16-31(25(27)28)12-13-37-23)24(33)20(15-32-21-8-4-5-9-22(21)38-26(32)34)29-39(35,36)19-11-10-17-6-2-3-7-18(17)14-19;/h2-11,14,20,23,29H,12-13,15-16H2,1H3,(H3,27,28);1H. The van der Waals surface area contributed by atoms with Crippen molar-refractivity contribution in [2.24, 2.45) is 5.73 Å². The second-order valence-corrected chi connectivity index (χ2v) is 10.9. The number of morpholine rings is 1. The summed E-state index contributed by atoms with van der Waals surface area (Å²) in [5.41, 5.74) is 6.36. The van der Waals surface area contributed by atoms with Crippen molar-refractivity contribution in [1.82, 2.24) is 19.1 Å². The number of oxazole rings is 1. The van der Waals surface area contributed by atoms with Gasteiger partial charge in [0, 0.05) is 13.6 Å². The first kappa shape index (κ1) is 29.1. The number of ether oxygens (including phenoxy) is 1. The zero-order valence-electron chi connectivity index (χ0n) is 21.5. The normalized spacial score (nSPS) is 16.4. The summed E-state index contributed by atoms with van der Waals surface area (Å²) < 4.78 is 41.8. The molecule has 2 unspecified atom stereocenters. The minimum Gasteiger partial charge on any atom is -0.408 e. The fourth-order valence-corrected chi connectivity index (χ4v) is 5.81. The van der Waals surface area contributed by atoms with Gasteiger partial charge in [0.1, 0.15) is 12.3 Å². The van der Waals surface area contributed by atoms with Crippen molar-refractivity contribution in [3.63, 3.8) is 0 Å². The average Bonchev–Trinajstić information content (AvgIpc) is 3.26. The van der Waals surface area contributed by atoms with Gasteiger partial charge in [0.25, 0.3) is 0 Å². The number of aromatic nitrogens is 1. The van der Waals surface area contributed by atoms with E-state index in [9.17, 15) is 18.0 Å². The van der Waals surface area contributed by atoms with Crippen LogP contribution in [0.15, 0.2) is 80.8 Å². The Labute approximate surface area is 236 Å². The first-order chi connectivity index (χ1) is 18.6. The van der Waals surface area contributed by atoms with Gasteiger partial charge in [-0.25, -0.2) is 13.2 Å². The fraction of sp³-hybridized carbons (Fsp3) is 0.269. The molecule has 3 aromatic carbocycles. The van der Waals surface area contributed by atoms with Gasteiger partial charge in [0.15, 0.2) is 11.5 Å².